The van der Waals surface area contributed by atoms with Gasteiger partial charge in [0.15, 0.2) is 0 Å². The zero-order valence-corrected chi connectivity index (χ0v) is 18.3. The number of para-hydroxylation sites is 1. The Hall–Kier alpha value is -3.18. The first-order chi connectivity index (χ1) is 15.5. The number of anilines is 2. The number of carbonyl (C=O) groups is 3. The van der Waals surface area contributed by atoms with Crippen molar-refractivity contribution < 1.29 is 32.7 Å². The molecule has 2 heterocycles. The molecular formula is C21H22ClF3N4O4. The van der Waals surface area contributed by atoms with Crippen LogP contribution >= 0.6 is 11.6 Å². The third-order valence-electron chi connectivity index (χ3n) is 4.69. The van der Waals surface area contributed by atoms with Gasteiger partial charge in [0.05, 0.1) is 16.3 Å². The smallest absolute Gasteiger partial charge is 0.475 e. The van der Waals surface area contributed by atoms with Crippen molar-refractivity contribution in [2.75, 3.05) is 23.7 Å². The predicted molar refractivity (Wildman–Crippen MR) is 116 cm³/mol. The number of halogens is 4. The summed E-state index contributed by atoms with van der Waals surface area (Å²) in [5.74, 6) is -2.77. The van der Waals surface area contributed by atoms with Gasteiger partial charge in [0, 0.05) is 12.1 Å². The lowest BCUT2D eigenvalue weighted by Gasteiger charge is -2.23. The Balaban J connectivity index is 0.000000479. The van der Waals surface area contributed by atoms with Gasteiger partial charge in [0.1, 0.15) is 5.82 Å². The second kappa shape index (κ2) is 11.6. The Morgan fingerprint density at radius 3 is 2.30 bits per heavy atom. The number of hydrogen-bond acceptors (Lipinski definition) is 5. The maximum absolute atomic E-state index is 12.7. The third kappa shape index (κ3) is 8.03. The Morgan fingerprint density at radius 1 is 1.12 bits per heavy atom. The summed E-state index contributed by atoms with van der Waals surface area (Å²) in [6.07, 6.45) is -2.02. The van der Waals surface area contributed by atoms with Gasteiger partial charge >= 0.3 is 12.1 Å². The first kappa shape index (κ1) is 26.1. The van der Waals surface area contributed by atoms with Crippen LogP contribution in [0.5, 0.6) is 0 Å². The molecule has 4 N–H and O–H groups in total. The number of rotatable bonds is 4. The number of aryl methyl sites for hydroxylation is 1. The molecule has 1 aliphatic heterocycles. The lowest BCUT2D eigenvalue weighted by Crippen LogP contribution is -2.35. The van der Waals surface area contributed by atoms with Crippen LogP contribution in [0.4, 0.5) is 24.7 Å². The van der Waals surface area contributed by atoms with Gasteiger partial charge < -0.3 is 21.1 Å². The van der Waals surface area contributed by atoms with E-state index >= 15 is 0 Å². The Morgan fingerprint density at radius 2 is 1.76 bits per heavy atom. The number of aromatic nitrogens is 1. The van der Waals surface area contributed by atoms with Crippen molar-refractivity contribution in [2.45, 2.75) is 25.9 Å². The highest BCUT2D eigenvalue weighted by atomic mass is 35.5. The normalized spacial score (nSPS) is 14.0. The Labute approximate surface area is 192 Å². The summed E-state index contributed by atoms with van der Waals surface area (Å²) >= 11 is 5.82. The van der Waals surface area contributed by atoms with Crippen molar-refractivity contribution in [1.29, 1.82) is 0 Å². The van der Waals surface area contributed by atoms with E-state index in [1.807, 2.05) is 13.0 Å². The second-order valence-corrected chi connectivity index (χ2v) is 7.57. The fourth-order valence-electron chi connectivity index (χ4n) is 2.97. The number of alkyl halides is 3. The number of piperidine rings is 1. The van der Waals surface area contributed by atoms with Crippen LogP contribution in [0.25, 0.3) is 0 Å². The van der Waals surface area contributed by atoms with Crippen LogP contribution in [0, 0.1) is 12.8 Å². The molecule has 0 aliphatic carbocycles. The van der Waals surface area contributed by atoms with E-state index in [-0.39, 0.29) is 17.7 Å². The average Bonchev–Trinajstić information content (AvgIpc) is 2.77. The van der Waals surface area contributed by atoms with Crippen LogP contribution in [0.1, 0.15) is 28.8 Å². The van der Waals surface area contributed by atoms with E-state index < -0.39 is 12.1 Å². The molecule has 12 heteroatoms. The summed E-state index contributed by atoms with van der Waals surface area (Å²) in [5, 5.41) is 16.6. The van der Waals surface area contributed by atoms with Gasteiger partial charge in [-0.1, -0.05) is 23.7 Å². The van der Waals surface area contributed by atoms with E-state index in [0.29, 0.717) is 22.1 Å². The van der Waals surface area contributed by atoms with E-state index in [2.05, 4.69) is 20.9 Å². The summed E-state index contributed by atoms with van der Waals surface area (Å²) in [7, 11) is 0. The van der Waals surface area contributed by atoms with Crippen LogP contribution in [-0.4, -0.2) is 47.1 Å². The van der Waals surface area contributed by atoms with E-state index in [1.165, 1.54) is 6.20 Å². The second-order valence-electron chi connectivity index (χ2n) is 7.13. The number of benzene rings is 1. The molecule has 0 spiro atoms. The minimum atomic E-state index is -5.08. The van der Waals surface area contributed by atoms with Crippen molar-refractivity contribution in [3.8, 4) is 0 Å². The minimum Gasteiger partial charge on any atom is -0.475 e. The van der Waals surface area contributed by atoms with E-state index in [4.69, 9.17) is 21.5 Å². The lowest BCUT2D eigenvalue weighted by molar-refractivity contribution is -0.192. The van der Waals surface area contributed by atoms with Crippen LogP contribution < -0.4 is 16.0 Å². The van der Waals surface area contributed by atoms with Crippen LogP contribution in [-0.2, 0) is 9.59 Å². The van der Waals surface area contributed by atoms with Crippen molar-refractivity contribution in [1.82, 2.24) is 10.3 Å². The third-order valence-corrected chi connectivity index (χ3v) is 4.91. The molecule has 0 radical (unpaired) electrons. The number of pyridine rings is 1. The highest BCUT2D eigenvalue weighted by Gasteiger charge is 2.38. The van der Waals surface area contributed by atoms with Gasteiger partial charge in [0.2, 0.25) is 5.91 Å². The van der Waals surface area contributed by atoms with Crippen molar-refractivity contribution in [2.24, 2.45) is 5.92 Å². The molecule has 1 saturated heterocycles. The Bertz CT molecular complexity index is 994. The fourth-order valence-corrected chi connectivity index (χ4v) is 3.08. The number of nitrogens with one attached hydrogen (secondary N) is 3. The predicted octanol–water partition coefficient (Wildman–Crippen LogP) is 3.87. The van der Waals surface area contributed by atoms with Crippen molar-refractivity contribution >= 4 is 40.9 Å². The number of carbonyl (C=O) groups excluding carboxylic acids is 2. The molecule has 0 unspecified atom stereocenters. The molecule has 8 nitrogen and oxygen atoms in total. The zero-order chi connectivity index (χ0) is 24.6. The number of nitrogens with zero attached hydrogens (tertiary/aromatic N) is 1. The summed E-state index contributed by atoms with van der Waals surface area (Å²) in [6.45, 7) is 3.54. The fraction of sp³-hybridized carbons (Fsp3) is 0.333. The average molecular weight is 487 g/mol. The van der Waals surface area contributed by atoms with Crippen molar-refractivity contribution in [3.05, 3.63) is 52.7 Å². The molecular weight excluding hydrogens is 465 g/mol. The molecule has 0 saturated carbocycles. The molecule has 1 aliphatic rings. The molecule has 1 aromatic heterocycles. The monoisotopic (exact) mass is 486 g/mol. The summed E-state index contributed by atoms with van der Waals surface area (Å²) in [5.41, 5.74) is 1.79. The van der Waals surface area contributed by atoms with Crippen LogP contribution in [0.2, 0.25) is 5.02 Å². The lowest BCUT2D eigenvalue weighted by atomic mass is 9.96. The highest BCUT2D eigenvalue weighted by molar-refractivity contribution is 6.30. The van der Waals surface area contributed by atoms with Gasteiger partial charge in [-0.05, 0) is 56.6 Å². The minimum absolute atomic E-state index is 0.0373. The molecule has 2 amide bonds. The number of carboxylic acid groups (broad SMARTS) is 1. The summed E-state index contributed by atoms with van der Waals surface area (Å²) in [4.78, 5) is 38.2. The molecule has 0 bridgehead atoms. The molecule has 0 atom stereocenters. The van der Waals surface area contributed by atoms with E-state index in [0.717, 1.165) is 31.5 Å². The molecule has 3 rings (SSSR count). The van der Waals surface area contributed by atoms with Crippen LogP contribution in [0.15, 0.2) is 36.5 Å². The number of hydrogen-bond donors (Lipinski definition) is 4. The molecule has 178 valence electrons. The number of aliphatic carboxylic acids is 1. The number of carboxylic acids is 1. The Kier molecular flexibility index (Phi) is 9.18. The van der Waals surface area contributed by atoms with E-state index in [9.17, 15) is 22.8 Å². The standard InChI is InChI=1S/C19H21ClN4O2.C2HF3O2/c1-12-3-2-4-15(19(26)23-16-6-5-14(20)11-22-16)17(12)24-18(25)13-7-9-21-10-8-13;3-2(4,5)1(6)7/h2-6,11,13,21H,7-10H2,1H3,(H,24,25)(H,22,23,26);(H,6,7). The zero-order valence-electron chi connectivity index (χ0n) is 17.5. The molecule has 2 aromatic rings. The maximum Gasteiger partial charge on any atom is 0.490 e. The first-order valence-electron chi connectivity index (χ1n) is 9.83. The van der Waals surface area contributed by atoms with Gasteiger partial charge in [-0.25, -0.2) is 9.78 Å². The van der Waals surface area contributed by atoms with Gasteiger partial charge in [-0.15, -0.1) is 0 Å². The molecule has 1 aromatic carbocycles. The largest absolute Gasteiger partial charge is 0.490 e. The van der Waals surface area contributed by atoms with Gasteiger partial charge in [-0.3, -0.25) is 9.59 Å². The molecule has 33 heavy (non-hydrogen) atoms. The van der Waals surface area contributed by atoms with Gasteiger partial charge in [-0.2, -0.15) is 13.2 Å². The number of amides is 2. The highest BCUT2D eigenvalue weighted by Crippen LogP contribution is 2.24. The van der Waals surface area contributed by atoms with Crippen molar-refractivity contribution in [3.63, 3.8) is 0 Å². The summed E-state index contributed by atoms with van der Waals surface area (Å²) < 4.78 is 31.7. The first-order valence-corrected chi connectivity index (χ1v) is 10.2. The van der Waals surface area contributed by atoms with E-state index in [1.54, 1.807) is 24.3 Å². The summed E-state index contributed by atoms with van der Waals surface area (Å²) in [6, 6.07) is 8.63. The van der Waals surface area contributed by atoms with Crippen LogP contribution in [0.3, 0.4) is 0 Å². The maximum atomic E-state index is 12.7. The van der Waals surface area contributed by atoms with Gasteiger partial charge in [0.25, 0.3) is 5.91 Å². The topological polar surface area (TPSA) is 120 Å². The SMILES string of the molecule is Cc1cccc(C(=O)Nc2ccc(Cl)cn2)c1NC(=O)C1CCNCC1.O=C(O)C(F)(F)F. The molecule has 1 fully saturated rings. The quantitative estimate of drug-likeness (QED) is 0.520.